The van der Waals surface area contributed by atoms with E-state index in [1.807, 2.05) is 24.3 Å². The molecule has 1 N–H and O–H groups in total. The second kappa shape index (κ2) is 7.43. The number of amides is 1. The number of benzene rings is 1. The van der Waals surface area contributed by atoms with Crippen LogP contribution in [-0.2, 0) is 4.79 Å². The predicted molar refractivity (Wildman–Crippen MR) is 82.8 cm³/mol. The number of hydrazone groups is 1. The van der Waals surface area contributed by atoms with Crippen molar-refractivity contribution in [1.29, 1.82) is 0 Å². The van der Waals surface area contributed by atoms with Crippen LogP contribution in [0.1, 0.15) is 32.6 Å². The van der Waals surface area contributed by atoms with E-state index in [0.717, 1.165) is 29.4 Å². The molecule has 1 saturated carbocycles. The molecule has 0 radical (unpaired) electrons. The van der Waals surface area contributed by atoms with Gasteiger partial charge in [-0.1, -0.05) is 28.9 Å². The van der Waals surface area contributed by atoms with Crippen LogP contribution in [0.2, 0.25) is 0 Å². The second-order valence-electron chi connectivity index (χ2n) is 5.16. The lowest BCUT2D eigenvalue weighted by molar-refractivity contribution is -0.123. The SMILES string of the molecule is CC1CCC/C(=N\NC(=O)COc2cccc(Br)c2)C1. The minimum absolute atomic E-state index is 0.0250. The van der Waals surface area contributed by atoms with Crippen molar-refractivity contribution in [2.45, 2.75) is 32.6 Å². The van der Waals surface area contributed by atoms with Crippen LogP contribution in [0, 0.1) is 5.92 Å². The molecule has 4 nitrogen and oxygen atoms in total. The zero-order valence-electron chi connectivity index (χ0n) is 11.6. The Morgan fingerprint density at radius 3 is 3.15 bits per heavy atom. The average Bonchev–Trinajstić information content (AvgIpc) is 2.43. The van der Waals surface area contributed by atoms with Gasteiger partial charge in [0.05, 0.1) is 0 Å². The van der Waals surface area contributed by atoms with E-state index in [-0.39, 0.29) is 12.5 Å². The average molecular weight is 339 g/mol. The molecule has 1 atom stereocenters. The summed E-state index contributed by atoms with van der Waals surface area (Å²) in [6, 6.07) is 7.40. The highest BCUT2D eigenvalue weighted by atomic mass is 79.9. The molecular weight excluding hydrogens is 320 g/mol. The maximum Gasteiger partial charge on any atom is 0.277 e. The summed E-state index contributed by atoms with van der Waals surface area (Å²) in [5.74, 6) is 1.10. The van der Waals surface area contributed by atoms with Crippen LogP contribution in [-0.4, -0.2) is 18.2 Å². The summed E-state index contributed by atoms with van der Waals surface area (Å²) in [5.41, 5.74) is 3.65. The summed E-state index contributed by atoms with van der Waals surface area (Å²) in [5, 5.41) is 4.19. The minimum Gasteiger partial charge on any atom is -0.484 e. The molecule has 2 rings (SSSR count). The summed E-state index contributed by atoms with van der Waals surface area (Å²) in [6.07, 6.45) is 4.37. The fraction of sp³-hybridized carbons (Fsp3) is 0.467. The molecule has 0 saturated heterocycles. The van der Waals surface area contributed by atoms with Crippen LogP contribution >= 0.6 is 15.9 Å². The van der Waals surface area contributed by atoms with Crippen molar-refractivity contribution in [1.82, 2.24) is 5.43 Å². The van der Waals surface area contributed by atoms with Crippen molar-refractivity contribution in [2.24, 2.45) is 11.0 Å². The van der Waals surface area contributed by atoms with Gasteiger partial charge in [-0.25, -0.2) is 5.43 Å². The topological polar surface area (TPSA) is 50.7 Å². The molecule has 1 aliphatic carbocycles. The van der Waals surface area contributed by atoms with E-state index in [9.17, 15) is 4.79 Å². The van der Waals surface area contributed by atoms with Gasteiger partial charge < -0.3 is 4.74 Å². The van der Waals surface area contributed by atoms with Gasteiger partial charge >= 0.3 is 0 Å². The maximum atomic E-state index is 11.7. The van der Waals surface area contributed by atoms with Gasteiger partial charge in [-0.05, 0) is 49.8 Å². The summed E-state index contributed by atoms with van der Waals surface area (Å²) < 4.78 is 6.32. The number of nitrogens with zero attached hydrogens (tertiary/aromatic N) is 1. The Morgan fingerprint density at radius 1 is 1.55 bits per heavy atom. The molecule has 1 fully saturated rings. The van der Waals surface area contributed by atoms with Crippen LogP contribution in [0.5, 0.6) is 5.75 Å². The summed E-state index contributed by atoms with van der Waals surface area (Å²) in [4.78, 5) is 11.7. The molecule has 1 aromatic carbocycles. The third kappa shape index (κ3) is 4.96. The Labute approximate surface area is 127 Å². The molecule has 1 amide bonds. The van der Waals surface area contributed by atoms with E-state index in [2.05, 4.69) is 33.4 Å². The third-order valence-electron chi connectivity index (χ3n) is 3.25. The molecule has 20 heavy (non-hydrogen) atoms. The number of ether oxygens (including phenoxy) is 1. The smallest absolute Gasteiger partial charge is 0.277 e. The van der Waals surface area contributed by atoms with Gasteiger partial charge in [0.2, 0.25) is 0 Å². The highest BCUT2D eigenvalue weighted by Crippen LogP contribution is 2.21. The summed E-state index contributed by atoms with van der Waals surface area (Å²) in [7, 11) is 0. The molecule has 1 aliphatic rings. The van der Waals surface area contributed by atoms with Crippen molar-refractivity contribution in [3.8, 4) is 5.75 Å². The molecule has 1 aromatic rings. The van der Waals surface area contributed by atoms with Gasteiger partial charge in [-0.3, -0.25) is 4.79 Å². The zero-order chi connectivity index (χ0) is 14.4. The Morgan fingerprint density at radius 2 is 2.40 bits per heavy atom. The van der Waals surface area contributed by atoms with Crippen LogP contribution in [0.15, 0.2) is 33.8 Å². The van der Waals surface area contributed by atoms with E-state index < -0.39 is 0 Å². The van der Waals surface area contributed by atoms with E-state index in [0.29, 0.717) is 11.7 Å². The number of carbonyl (C=O) groups excluding carboxylic acids is 1. The standard InChI is InChI=1S/C15H19BrN2O2/c1-11-4-2-6-13(8-11)17-18-15(19)10-20-14-7-3-5-12(16)9-14/h3,5,7,9,11H,2,4,6,8,10H2,1H3,(H,18,19)/b17-13+. The number of hydrogen-bond acceptors (Lipinski definition) is 3. The Hall–Kier alpha value is -1.36. The lowest BCUT2D eigenvalue weighted by Gasteiger charge is -2.18. The highest BCUT2D eigenvalue weighted by molar-refractivity contribution is 9.10. The van der Waals surface area contributed by atoms with Gasteiger partial charge in [0.1, 0.15) is 5.75 Å². The second-order valence-corrected chi connectivity index (χ2v) is 6.08. The van der Waals surface area contributed by atoms with Crippen molar-refractivity contribution in [2.75, 3.05) is 6.61 Å². The molecule has 108 valence electrons. The first-order valence-electron chi connectivity index (χ1n) is 6.86. The van der Waals surface area contributed by atoms with E-state index >= 15 is 0 Å². The molecule has 0 heterocycles. The fourth-order valence-electron chi connectivity index (χ4n) is 2.24. The molecule has 5 heteroatoms. The zero-order valence-corrected chi connectivity index (χ0v) is 13.1. The normalized spacial score (nSPS) is 20.7. The number of carbonyl (C=O) groups is 1. The van der Waals surface area contributed by atoms with Crippen LogP contribution in [0.25, 0.3) is 0 Å². The third-order valence-corrected chi connectivity index (χ3v) is 3.74. The Balaban J connectivity index is 1.76. The fourth-order valence-corrected chi connectivity index (χ4v) is 2.62. The molecule has 0 spiro atoms. The van der Waals surface area contributed by atoms with Crippen LogP contribution < -0.4 is 10.2 Å². The lowest BCUT2D eigenvalue weighted by atomic mass is 9.89. The summed E-state index contributed by atoms with van der Waals surface area (Å²) in [6.45, 7) is 2.19. The number of halogens is 1. The molecule has 0 bridgehead atoms. The quantitative estimate of drug-likeness (QED) is 0.854. The van der Waals surface area contributed by atoms with Crippen molar-refractivity contribution < 1.29 is 9.53 Å². The van der Waals surface area contributed by atoms with Crippen molar-refractivity contribution >= 4 is 27.5 Å². The Kier molecular flexibility index (Phi) is 5.59. The predicted octanol–water partition coefficient (Wildman–Crippen LogP) is 3.51. The van der Waals surface area contributed by atoms with E-state index in [1.54, 1.807) is 0 Å². The summed E-state index contributed by atoms with van der Waals surface area (Å²) >= 11 is 3.36. The monoisotopic (exact) mass is 338 g/mol. The first-order chi connectivity index (χ1) is 9.63. The first-order valence-corrected chi connectivity index (χ1v) is 7.65. The molecule has 0 aromatic heterocycles. The highest BCUT2D eigenvalue weighted by Gasteiger charge is 2.14. The van der Waals surface area contributed by atoms with Gasteiger partial charge in [0.25, 0.3) is 5.91 Å². The van der Waals surface area contributed by atoms with Gasteiger partial charge in [-0.15, -0.1) is 0 Å². The Bertz CT molecular complexity index is 502. The van der Waals surface area contributed by atoms with Crippen molar-refractivity contribution in [3.63, 3.8) is 0 Å². The molecule has 0 aliphatic heterocycles. The minimum atomic E-state index is -0.226. The van der Waals surface area contributed by atoms with Gasteiger partial charge in [0.15, 0.2) is 6.61 Å². The van der Waals surface area contributed by atoms with Crippen LogP contribution in [0.4, 0.5) is 0 Å². The van der Waals surface area contributed by atoms with E-state index in [1.165, 1.54) is 6.42 Å². The number of hydrogen-bond donors (Lipinski definition) is 1. The van der Waals surface area contributed by atoms with Gasteiger partial charge in [0, 0.05) is 10.2 Å². The molecule has 1 unspecified atom stereocenters. The lowest BCUT2D eigenvalue weighted by Crippen LogP contribution is -2.27. The maximum absolute atomic E-state index is 11.7. The first kappa shape index (κ1) is 15.0. The van der Waals surface area contributed by atoms with Gasteiger partial charge in [-0.2, -0.15) is 5.10 Å². The number of rotatable bonds is 4. The van der Waals surface area contributed by atoms with E-state index in [4.69, 9.17) is 4.74 Å². The largest absolute Gasteiger partial charge is 0.484 e. The van der Waals surface area contributed by atoms with Crippen LogP contribution in [0.3, 0.4) is 0 Å². The molecular formula is C15H19BrN2O2. The van der Waals surface area contributed by atoms with Crippen molar-refractivity contribution in [3.05, 3.63) is 28.7 Å². The number of nitrogens with one attached hydrogen (secondary N) is 1.